The highest BCUT2D eigenvalue weighted by Gasteiger charge is 2.18. The number of nitrogens with one attached hydrogen (secondary N) is 1. The summed E-state index contributed by atoms with van der Waals surface area (Å²) in [4.78, 5) is 12.3. The molecule has 0 aliphatic heterocycles. The zero-order valence-electron chi connectivity index (χ0n) is 17.0. The topological polar surface area (TPSA) is 77.2 Å². The molecule has 1 fully saturated rings. The van der Waals surface area contributed by atoms with Crippen molar-refractivity contribution in [1.29, 1.82) is 0 Å². The number of nitrogens with zero attached hydrogens (tertiary/aromatic N) is 2. The van der Waals surface area contributed by atoms with E-state index in [4.69, 9.17) is 9.15 Å². The number of carbonyl (C=O) groups is 1. The number of benzene rings is 2. The molecule has 1 aliphatic carbocycles. The molecular formula is C24H27N3O3. The fourth-order valence-electron chi connectivity index (χ4n) is 3.68. The Morgan fingerprint density at radius 3 is 2.63 bits per heavy atom. The first-order valence-electron chi connectivity index (χ1n) is 10.7. The lowest BCUT2D eigenvalue weighted by atomic mass is 10.2. The summed E-state index contributed by atoms with van der Waals surface area (Å²) in [5.74, 6) is 1.95. The van der Waals surface area contributed by atoms with Gasteiger partial charge in [0, 0.05) is 30.5 Å². The second kappa shape index (κ2) is 10.1. The molecule has 0 atom stereocenters. The molecule has 1 saturated carbocycles. The maximum Gasteiger partial charge on any atom is 0.247 e. The second-order valence-corrected chi connectivity index (χ2v) is 7.63. The van der Waals surface area contributed by atoms with Gasteiger partial charge in [0.2, 0.25) is 17.7 Å². The van der Waals surface area contributed by atoms with Crippen molar-refractivity contribution in [2.45, 2.75) is 57.6 Å². The van der Waals surface area contributed by atoms with Crippen molar-refractivity contribution in [2.24, 2.45) is 0 Å². The molecule has 3 aromatic rings. The molecule has 1 heterocycles. The van der Waals surface area contributed by atoms with Crippen molar-refractivity contribution in [3.05, 3.63) is 66.1 Å². The number of aromatic nitrogens is 2. The Labute approximate surface area is 176 Å². The average molecular weight is 405 g/mol. The Hall–Kier alpha value is -3.15. The third-order valence-electron chi connectivity index (χ3n) is 5.33. The number of aryl methyl sites for hydroxylation is 1. The summed E-state index contributed by atoms with van der Waals surface area (Å²) in [6.45, 7) is 0.473. The maximum atomic E-state index is 12.3. The van der Waals surface area contributed by atoms with Gasteiger partial charge in [-0.2, -0.15) is 0 Å². The van der Waals surface area contributed by atoms with Crippen LogP contribution in [-0.4, -0.2) is 22.2 Å². The van der Waals surface area contributed by atoms with Crippen molar-refractivity contribution in [3.8, 4) is 17.2 Å². The lowest BCUT2D eigenvalue weighted by Crippen LogP contribution is -2.23. The predicted octanol–water partition coefficient (Wildman–Crippen LogP) is 4.70. The zero-order chi connectivity index (χ0) is 20.6. The molecule has 1 N–H and O–H groups in total. The standard InChI is InChI=1S/C24H27N3O3/c28-22(15-8-16-23-26-27-24(30-23)18-9-2-1-3-10-18)25-17-19-11-4-7-14-21(19)29-20-12-5-6-13-20/h1-4,7,9-11,14,20H,5-6,8,12-13,15-17H2,(H,25,28). The summed E-state index contributed by atoms with van der Waals surface area (Å²) in [5, 5.41) is 11.2. The third-order valence-corrected chi connectivity index (χ3v) is 5.33. The number of amides is 1. The van der Waals surface area contributed by atoms with Crippen LogP contribution in [0.15, 0.2) is 59.0 Å². The Morgan fingerprint density at radius 1 is 1.03 bits per heavy atom. The van der Waals surface area contributed by atoms with Gasteiger partial charge in [0.25, 0.3) is 0 Å². The van der Waals surface area contributed by atoms with Crippen LogP contribution in [0.4, 0.5) is 0 Å². The van der Waals surface area contributed by atoms with E-state index in [1.54, 1.807) is 0 Å². The van der Waals surface area contributed by atoms with Gasteiger partial charge in [-0.05, 0) is 50.3 Å². The summed E-state index contributed by atoms with van der Waals surface area (Å²) in [5.41, 5.74) is 1.91. The van der Waals surface area contributed by atoms with Crippen LogP contribution >= 0.6 is 0 Å². The minimum absolute atomic E-state index is 0.00784. The SMILES string of the molecule is O=C(CCCc1nnc(-c2ccccc2)o1)NCc1ccccc1OC1CCCC1. The number of carbonyl (C=O) groups excluding carboxylic acids is 1. The molecule has 1 aromatic heterocycles. The summed E-state index contributed by atoms with van der Waals surface area (Å²) < 4.78 is 11.8. The first kappa shape index (κ1) is 20.1. The normalized spacial score (nSPS) is 14.0. The van der Waals surface area contributed by atoms with Gasteiger partial charge in [-0.25, -0.2) is 0 Å². The Morgan fingerprint density at radius 2 is 1.80 bits per heavy atom. The quantitative estimate of drug-likeness (QED) is 0.558. The molecule has 0 spiro atoms. The highest BCUT2D eigenvalue weighted by atomic mass is 16.5. The van der Waals surface area contributed by atoms with Crippen LogP contribution in [0.2, 0.25) is 0 Å². The molecule has 6 nitrogen and oxygen atoms in total. The number of hydrogen-bond acceptors (Lipinski definition) is 5. The molecular weight excluding hydrogens is 378 g/mol. The fourth-order valence-corrected chi connectivity index (χ4v) is 3.68. The molecule has 1 amide bonds. The number of rotatable bonds is 9. The van der Waals surface area contributed by atoms with Crippen LogP contribution in [0.3, 0.4) is 0 Å². The van der Waals surface area contributed by atoms with E-state index in [0.717, 1.165) is 29.7 Å². The van der Waals surface area contributed by atoms with E-state index in [0.29, 0.717) is 43.7 Å². The van der Waals surface area contributed by atoms with Gasteiger partial charge in [-0.3, -0.25) is 4.79 Å². The summed E-state index contributed by atoms with van der Waals surface area (Å²) in [6.07, 6.45) is 6.64. The molecule has 30 heavy (non-hydrogen) atoms. The van der Waals surface area contributed by atoms with E-state index in [-0.39, 0.29) is 5.91 Å². The molecule has 4 rings (SSSR count). The molecule has 0 saturated heterocycles. The first-order chi connectivity index (χ1) is 14.8. The van der Waals surface area contributed by atoms with Crippen molar-refractivity contribution in [3.63, 3.8) is 0 Å². The minimum atomic E-state index is 0.00784. The average Bonchev–Trinajstić information content (AvgIpc) is 3.46. The lowest BCUT2D eigenvalue weighted by Gasteiger charge is -2.16. The minimum Gasteiger partial charge on any atom is -0.490 e. The van der Waals surface area contributed by atoms with Crippen LogP contribution in [0, 0.1) is 0 Å². The number of para-hydroxylation sites is 1. The highest BCUT2D eigenvalue weighted by molar-refractivity contribution is 5.75. The first-order valence-corrected chi connectivity index (χ1v) is 10.7. The van der Waals surface area contributed by atoms with Gasteiger partial charge >= 0.3 is 0 Å². The summed E-state index contributed by atoms with van der Waals surface area (Å²) in [7, 11) is 0. The summed E-state index contributed by atoms with van der Waals surface area (Å²) >= 11 is 0. The molecule has 156 valence electrons. The van der Waals surface area contributed by atoms with Crippen molar-refractivity contribution < 1.29 is 13.9 Å². The van der Waals surface area contributed by atoms with E-state index in [9.17, 15) is 4.79 Å². The van der Waals surface area contributed by atoms with Gasteiger partial charge in [0.15, 0.2) is 0 Å². The summed E-state index contributed by atoms with van der Waals surface area (Å²) in [6, 6.07) is 17.6. The molecule has 0 unspecified atom stereocenters. The smallest absolute Gasteiger partial charge is 0.247 e. The molecule has 0 radical (unpaired) electrons. The number of hydrogen-bond donors (Lipinski definition) is 1. The van der Waals surface area contributed by atoms with E-state index >= 15 is 0 Å². The molecule has 1 aliphatic rings. The predicted molar refractivity (Wildman–Crippen MR) is 114 cm³/mol. The van der Waals surface area contributed by atoms with Crippen molar-refractivity contribution in [2.75, 3.05) is 0 Å². The van der Waals surface area contributed by atoms with Crippen molar-refractivity contribution in [1.82, 2.24) is 15.5 Å². The Kier molecular flexibility index (Phi) is 6.75. The molecule has 6 heteroatoms. The van der Waals surface area contributed by atoms with Crippen LogP contribution < -0.4 is 10.1 Å². The van der Waals surface area contributed by atoms with Gasteiger partial charge < -0.3 is 14.5 Å². The third kappa shape index (κ3) is 5.47. The molecule has 2 aromatic carbocycles. The Balaban J connectivity index is 1.22. The van der Waals surface area contributed by atoms with Gasteiger partial charge in [0.1, 0.15) is 5.75 Å². The maximum absolute atomic E-state index is 12.3. The van der Waals surface area contributed by atoms with Crippen LogP contribution in [0.5, 0.6) is 5.75 Å². The van der Waals surface area contributed by atoms with Gasteiger partial charge in [0.05, 0.1) is 6.10 Å². The highest BCUT2D eigenvalue weighted by Crippen LogP contribution is 2.26. The van der Waals surface area contributed by atoms with E-state index in [2.05, 4.69) is 15.5 Å². The zero-order valence-corrected chi connectivity index (χ0v) is 17.0. The van der Waals surface area contributed by atoms with Crippen molar-refractivity contribution >= 4 is 5.91 Å². The van der Waals surface area contributed by atoms with E-state index < -0.39 is 0 Å². The van der Waals surface area contributed by atoms with Crippen LogP contribution in [-0.2, 0) is 17.8 Å². The fraction of sp³-hybridized carbons (Fsp3) is 0.375. The molecule has 0 bridgehead atoms. The van der Waals surface area contributed by atoms with E-state index in [1.807, 2.05) is 54.6 Å². The van der Waals surface area contributed by atoms with E-state index in [1.165, 1.54) is 12.8 Å². The van der Waals surface area contributed by atoms with Gasteiger partial charge in [-0.15, -0.1) is 10.2 Å². The second-order valence-electron chi connectivity index (χ2n) is 7.63. The number of ether oxygens (including phenoxy) is 1. The Bertz CT molecular complexity index is 949. The monoisotopic (exact) mass is 405 g/mol. The van der Waals surface area contributed by atoms with Crippen LogP contribution in [0.25, 0.3) is 11.5 Å². The largest absolute Gasteiger partial charge is 0.490 e. The van der Waals surface area contributed by atoms with Crippen LogP contribution in [0.1, 0.15) is 50.0 Å². The van der Waals surface area contributed by atoms with Gasteiger partial charge in [-0.1, -0.05) is 36.4 Å². The lowest BCUT2D eigenvalue weighted by molar-refractivity contribution is -0.121.